The van der Waals surface area contributed by atoms with Gasteiger partial charge in [0.25, 0.3) is 0 Å². The number of nitrogens with zero attached hydrogens (tertiary/aromatic N) is 1. The summed E-state index contributed by atoms with van der Waals surface area (Å²) >= 11 is 0. The molecule has 20 heavy (non-hydrogen) atoms. The molecule has 6 nitrogen and oxygen atoms in total. The molecule has 0 aliphatic rings. The van der Waals surface area contributed by atoms with Gasteiger partial charge in [-0.1, -0.05) is 0 Å². The second-order valence-electron chi connectivity index (χ2n) is 6.88. The molecule has 0 radical (unpaired) electrons. The van der Waals surface area contributed by atoms with Crippen molar-refractivity contribution in [3.63, 3.8) is 0 Å². The largest absolute Gasteiger partial charge is 0.467 e. The van der Waals surface area contributed by atoms with Crippen LogP contribution in [0.2, 0.25) is 0 Å². The van der Waals surface area contributed by atoms with Gasteiger partial charge in [-0.3, -0.25) is 0 Å². The van der Waals surface area contributed by atoms with Crippen molar-refractivity contribution in [3.05, 3.63) is 0 Å². The summed E-state index contributed by atoms with van der Waals surface area (Å²) in [4.78, 5) is 23.4. The van der Waals surface area contributed by atoms with Gasteiger partial charge in [0.2, 0.25) is 0 Å². The van der Waals surface area contributed by atoms with Gasteiger partial charge in [-0.15, -0.1) is 0 Å². The van der Waals surface area contributed by atoms with E-state index in [4.69, 9.17) is 9.47 Å². The maximum Gasteiger partial charge on any atom is 0.408 e. The zero-order valence-electron chi connectivity index (χ0n) is 13.8. The Morgan fingerprint density at radius 1 is 1.20 bits per heavy atom. The van der Waals surface area contributed by atoms with Crippen molar-refractivity contribution in [3.8, 4) is 0 Å². The van der Waals surface area contributed by atoms with Crippen LogP contribution in [0.1, 0.15) is 33.6 Å². The maximum absolute atomic E-state index is 11.7. The van der Waals surface area contributed by atoms with Crippen LogP contribution >= 0.6 is 0 Å². The van der Waals surface area contributed by atoms with Crippen LogP contribution < -0.4 is 5.32 Å². The Bertz CT molecular complexity index is 329. The summed E-state index contributed by atoms with van der Waals surface area (Å²) in [7, 11) is 7.54. The molecule has 0 saturated heterocycles. The minimum absolute atomic E-state index is 0.447. The van der Waals surface area contributed by atoms with E-state index in [9.17, 15) is 9.59 Å². The predicted octanol–water partition coefficient (Wildman–Crippen LogP) is 1.54. The molecular formula is C14H29N2O4+. The highest BCUT2D eigenvalue weighted by Crippen LogP contribution is 2.09. The van der Waals surface area contributed by atoms with Gasteiger partial charge < -0.3 is 19.3 Å². The lowest BCUT2D eigenvalue weighted by molar-refractivity contribution is -0.870. The third kappa shape index (κ3) is 9.61. The van der Waals surface area contributed by atoms with Crippen molar-refractivity contribution in [2.24, 2.45) is 0 Å². The van der Waals surface area contributed by atoms with E-state index in [0.29, 0.717) is 6.42 Å². The van der Waals surface area contributed by atoms with Gasteiger partial charge in [0, 0.05) is 0 Å². The van der Waals surface area contributed by atoms with Gasteiger partial charge in [-0.05, 0) is 33.6 Å². The smallest absolute Gasteiger partial charge is 0.408 e. The lowest BCUT2D eigenvalue weighted by atomic mass is 10.1. The third-order valence-electron chi connectivity index (χ3n) is 2.50. The van der Waals surface area contributed by atoms with Crippen LogP contribution in [-0.2, 0) is 14.3 Å². The number of quaternary nitrogens is 1. The molecule has 0 fully saturated rings. The molecule has 0 aromatic carbocycles. The minimum atomic E-state index is -0.665. The van der Waals surface area contributed by atoms with Gasteiger partial charge in [0.1, 0.15) is 11.6 Å². The number of alkyl carbamates (subject to hydrolysis) is 1. The van der Waals surface area contributed by atoms with Crippen molar-refractivity contribution in [2.45, 2.75) is 45.3 Å². The summed E-state index contributed by atoms with van der Waals surface area (Å²) < 4.78 is 10.7. The third-order valence-corrected chi connectivity index (χ3v) is 2.50. The molecule has 1 amide bonds. The molecule has 0 rings (SSSR count). The number of methoxy groups -OCH3 is 1. The topological polar surface area (TPSA) is 64.6 Å². The number of rotatable bonds is 6. The van der Waals surface area contributed by atoms with Crippen LogP contribution in [0.4, 0.5) is 4.79 Å². The Labute approximate surface area is 122 Å². The SMILES string of the molecule is COC(=O)C(CCC[N+](C)(C)C)NC(=O)OC(C)(C)C. The van der Waals surface area contributed by atoms with Gasteiger partial charge in [-0.2, -0.15) is 0 Å². The number of amides is 1. The van der Waals surface area contributed by atoms with Gasteiger partial charge >= 0.3 is 12.1 Å². The summed E-state index contributed by atoms with van der Waals surface area (Å²) in [6.45, 7) is 6.23. The molecule has 0 saturated carbocycles. The molecule has 0 aromatic heterocycles. The normalized spacial score (nSPS) is 13.6. The van der Waals surface area contributed by atoms with Gasteiger partial charge in [0.15, 0.2) is 0 Å². The lowest BCUT2D eigenvalue weighted by Gasteiger charge is -2.25. The van der Waals surface area contributed by atoms with Crippen LogP contribution in [0.15, 0.2) is 0 Å². The molecule has 118 valence electrons. The van der Waals surface area contributed by atoms with E-state index >= 15 is 0 Å². The van der Waals surface area contributed by atoms with E-state index in [1.54, 1.807) is 20.8 Å². The van der Waals surface area contributed by atoms with E-state index in [1.165, 1.54) is 7.11 Å². The summed E-state index contributed by atoms with van der Waals surface area (Å²) in [5.74, 6) is -0.447. The number of nitrogens with one attached hydrogen (secondary N) is 1. The Hall–Kier alpha value is -1.30. The minimum Gasteiger partial charge on any atom is -0.467 e. The fourth-order valence-electron chi connectivity index (χ4n) is 1.61. The molecule has 1 atom stereocenters. The van der Waals surface area contributed by atoms with E-state index in [2.05, 4.69) is 26.5 Å². The molecule has 0 aromatic rings. The molecule has 0 spiro atoms. The second kappa shape index (κ2) is 7.47. The average Bonchev–Trinajstić information content (AvgIpc) is 2.22. The first kappa shape index (κ1) is 18.7. The number of hydrogen-bond acceptors (Lipinski definition) is 4. The van der Waals surface area contributed by atoms with Crippen LogP contribution in [0.3, 0.4) is 0 Å². The molecule has 6 heteroatoms. The maximum atomic E-state index is 11.7. The van der Waals surface area contributed by atoms with Gasteiger partial charge in [0.05, 0.1) is 34.8 Å². The molecular weight excluding hydrogens is 260 g/mol. The first-order chi connectivity index (χ1) is 8.94. The molecule has 0 aliphatic carbocycles. The van der Waals surface area contributed by atoms with E-state index in [0.717, 1.165) is 17.4 Å². The van der Waals surface area contributed by atoms with Crippen molar-refractivity contribution >= 4 is 12.1 Å². The first-order valence-corrected chi connectivity index (χ1v) is 6.82. The zero-order valence-corrected chi connectivity index (χ0v) is 13.8. The monoisotopic (exact) mass is 289 g/mol. The molecule has 0 bridgehead atoms. The van der Waals surface area contributed by atoms with Crippen LogP contribution in [0.5, 0.6) is 0 Å². The van der Waals surface area contributed by atoms with Crippen molar-refractivity contribution < 1.29 is 23.5 Å². The predicted molar refractivity (Wildman–Crippen MR) is 77.3 cm³/mol. The quantitative estimate of drug-likeness (QED) is 0.595. The van der Waals surface area contributed by atoms with Gasteiger partial charge in [-0.25, -0.2) is 9.59 Å². The van der Waals surface area contributed by atoms with E-state index < -0.39 is 23.7 Å². The standard InChI is InChI=1S/C14H28N2O4/c1-14(2,3)20-13(18)15-11(12(17)19-7)9-8-10-16(4,5)6/h11H,8-10H2,1-7H3/p+1. The first-order valence-electron chi connectivity index (χ1n) is 6.82. The Kier molecular flexibility index (Phi) is 6.99. The second-order valence-corrected chi connectivity index (χ2v) is 6.88. The Morgan fingerprint density at radius 3 is 2.15 bits per heavy atom. The van der Waals surface area contributed by atoms with Crippen LogP contribution in [0.25, 0.3) is 0 Å². The van der Waals surface area contributed by atoms with E-state index in [1.807, 2.05) is 0 Å². The molecule has 0 heterocycles. The number of carbonyl (C=O) groups excluding carboxylic acids is 2. The lowest BCUT2D eigenvalue weighted by Crippen LogP contribution is -2.45. The number of ether oxygens (including phenoxy) is 2. The van der Waals surface area contributed by atoms with Crippen molar-refractivity contribution in [2.75, 3.05) is 34.8 Å². The van der Waals surface area contributed by atoms with Crippen molar-refractivity contribution in [1.82, 2.24) is 5.32 Å². The fraction of sp³-hybridized carbons (Fsp3) is 0.857. The molecule has 1 N–H and O–H groups in total. The van der Waals surface area contributed by atoms with Crippen molar-refractivity contribution in [1.29, 1.82) is 0 Å². The number of hydrogen-bond donors (Lipinski definition) is 1. The summed E-state index contributed by atoms with van der Waals surface area (Å²) in [6, 6.07) is -0.665. The molecule has 1 unspecified atom stereocenters. The zero-order chi connectivity index (χ0) is 16.0. The average molecular weight is 289 g/mol. The highest BCUT2D eigenvalue weighted by Gasteiger charge is 2.25. The Morgan fingerprint density at radius 2 is 1.75 bits per heavy atom. The molecule has 0 aliphatic heterocycles. The Balaban J connectivity index is 4.43. The highest BCUT2D eigenvalue weighted by atomic mass is 16.6. The number of carbonyl (C=O) groups is 2. The highest BCUT2D eigenvalue weighted by molar-refractivity contribution is 5.81. The van der Waals surface area contributed by atoms with Crippen LogP contribution in [-0.4, -0.2) is 63.0 Å². The summed E-state index contributed by atoms with van der Waals surface area (Å²) in [5.41, 5.74) is -0.590. The van der Waals surface area contributed by atoms with E-state index in [-0.39, 0.29) is 0 Å². The number of esters is 1. The summed E-state index contributed by atoms with van der Waals surface area (Å²) in [5, 5.41) is 2.57. The van der Waals surface area contributed by atoms with Crippen LogP contribution in [0, 0.1) is 0 Å². The fourth-order valence-corrected chi connectivity index (χ4v) is 1.61. The summed E-state index contributed by atoms with van der Waals surface area (Å²) in [6.07, 6.45) is 0.735.